The van der Waals surface area contributed by atoms with Crippen molar-refractivity contribution in [1.29, 1.82) is 0 Å². The van der Waals surface area contributed by atoms with Crippen LogP contribution in [0.3, 0.4) is 0 Å². The van der Waals surface area contributed by atoms with Crippen molar-refractivity contribution in [2.24, 2.45) is 0 Å². The number of carbonyl (C=O) groups is 1. The second-order valence-corrected chi connectivity index (χ2v) is 6.86. The summed E-state index contributed by atoms with van der Waals surface area (Å²) >= 11 is 0. The van der Waals surface area contributed by atoms with Crippen LogP contribution >= 0.6 is 12.4 Å². The molecule has 8 heteroatoms. The Balaban J connectivity index is 0.00000240. The van der Waals surface area contributed by atoms with E-state index in [1.807, 2.05) is 24.3 Å². The molecule has 1 aromatic heterocycles. The maximum absolute atomic E-state index is 13.6. The van der Waals surface area contributed by atoms with Gasteiger partial charge in [0.2, 0.25) is 11.3 Å². The molecule has 1 amide bonds. The smallest absolute Gasteiger partial charge is 0.225 e. The van der Waals surface area contributed by atoms with Crippen LogP contribution in [-0.2, 0) is 11.3 Å². The van der Waals surface area contributed by atoms with Gasteiger partial charge in [0.25, 0.3) is 0 Å². The molecule has 2 heterocycles. The molecule has 3 aromatic rings. The lowest BCUT2D eigenvalue weighted by molar-refractivity contribution is -0.134. The number of hydrogen-bond acceptors (Lipinski definition) is 4. The molecule has 0 radical (unpaired) electrons. The summed E-state index contributed by atoms with van der Waals surface area (Å²) in [7, 11) is 0. The number of nitrogens with one attached hydrogen (secondary N) is 1. The summed E-state index contributed by atoms with van der Waals surface area (Å²) < 4.78 is 15.3. The third-order valence-corrected chi connectivity index (χ3v) is 5.10. The Morgan fingerprint density at radius 2 is 2.03 bits per heavy atom. The normalized spacial score (nSPS) is 16.4. The minimum Gasteiger partial charge on any atom is -0.333 e. The van der Waals surface area contributed by atoms with Crippen LogP contribution < -0.4 is 10.7 Å². The predicted molar refractivity (Wildman–Crippen MR) is 112 cm³/mol. The van der Waals surface area contributed by atoms with Gasteiger partial charge in [0.1, 0.15) is 5.82 Å². The molecule has 1 aliphatic heterocycles. The van der Waals surface area contributed by atoms with Crippen molar-refractivity contribution in [3.63, 3.8) is 0 Å². The summed E-state index contributed by atoms with van der Waals surface area (Å²) in [5, 5.41) is 8.04. The molecule has 29 heavy (non-hydrogen) atoms. The van der Waals surface area contributed by atoms with E-state index in [1.54, 1.807) is 21.7 Å². The molecule has 1 saturated heterocycles. The van der Waals surface area contributed by atoms with Crippen molar-refractivity contribution in [1.82, 2.24) is 20.0 Å². The van der Waals surface area contributed by atoms with Crippen molar-refractivity contribution in [3.8, 4) is 0 Å². The lowest BCUT2D eigenvalue weighted by atomic mass is 10.0. The molecular weight excluding hydrogens is 395 g/mol. The molecule has 1 atom stereocenters. The minimum atomic E-state index is -0.306. The summed E-state index contributed by atoms with van der Waals surface area (Å²) in [6.45, 7) is 2.24. The average Bonchev–Trinajstić information content (AvgIpc) is 2.73. The highest BCUT2D eigenvalue weighted by Crippen LogP contribution is 2.24. The molecule has 4 rings (SSSR count). The van der Waals surface area contributed by atoms with Crippen molar-refractivity contribution < 1.29 is 9.18 Å². The molecule has 0 saturated carbocycles. The number of halogens is 2. The highest BCUT2D eigenvalue weighted by molar-refractivity contribution is 5.85. The first-order valence-corrected chi connectivity index (χ1v) is 9.34. The summed E-state index contributed by atoms with van der Waals surface area (Å²) in [4.78, 5) is 26.7. The Kier molecular flexibility index (Phi) is 6.61. The highest BCUT2D eigenvalue weighted by atomic mass is 35.5. The number of benzene rings is 2. The highest BCUT2D eigenvalue weighted by Gasteiger charge is 2.27. The molecule has 1 N–H and O–H groups in total. The van der Waals surface area contributed by atoms with Gasteiger partial charge in [-0.05, 0) is 29.8 Å². The number of hydrogen-bond donors (Lipinski definition) is 1. The minimum absolute atomic E-state index is 0. The van der Waals surface area contributed by atoms with Crippen LogP contribution in [-0.4, -0.2) is 40.2 Å². The molecule has 0 aliphatic carbocycles. The van der Waals surface area contributed by atoms with Crippen molar-refractivity contribution >= 4 is 29.2 Å². The maximum atomic E-state index is 13.6. The second kappa shape index (κ2) is 9.15. The summed E-state index contributed by atoms with van der Waals surface area (Å²) in [6, 6.07) is 13.4. The van der Waals surface area contributed by atoms with E-state index in [9.17, 15) is 14.0 Å². The van der Waals surface area contributed by atoms with Gasteiger partial charge in [-0.1, -0.05) is 24.3 Å². The lowest BCUT2D eigenvalue weighted by Crippen LogP contribution is -2.48. The molecule has 2 aromatic carbocycles. The molecule has 6 nitrogen and oxygen atoms in total. The Labute approximate surface area is 173 Å². The van der Waals surface area contributed by atoms with E-state index in [1.165, 1.54) is 18.3 Å². The van der Waals surface area contributed by atoms with Crippen LogP contribution in [0, 0.1) is 5.82 Å². The standard InChI is InChI=1S/C21H21FN4O2.ClH/c22-16-5-3-4-15(12-16)19-13-23-9-11-25(19)21(28)8-10-26-18-7-2-1-6-17(18)20(27)14-24-26;/h1-7,12,14,19,23H,8-11,13H2;1H. The number of fused-ring (bicyclic) bond motifs is 1. The van der Waals surface area contributed by atoms with Gasteiger partial charge in [-0.2, -0.15) is 5.10 Å². The van der Waals surface area contributed by atoms with Crippen molar-refractivity contribution in [2.75, 3.05) is 19.6 Å². The first-order chi connectivity index (χ1) is 13.6. The van der Waals surface area contributed by atoms with Gasteiger partial charge in [0.15, 0.2) is 0 Å². The Hall–Kier alpha value is -2.77. The Bertz CT molecular complexity index is 1070. The van der Waals surface area contributed by atoms with E-state index >= 15 is 0 Å². The Morgan fingerprint density at radius 1 is 1.21 bits per heavy atom. The number of nitrogens with zero attached hydrogens (tertiary/aromatic N) is 3. The van der Waals surface area contributed by atoms with Crippen LogP contribution in [0.1, 0.15) is 18.0 Å². The van der Waals surface area contributed by atoms with Crippen LogP contribution in [0.2, 0.25) is 0 Å². The van der Waals surface area contributed by atoms with E-state index in [0.717, 1.165) is 5.56 Å². The molecular formula is C21H22ClFN4O2. The van der Waals surface area contributed by atoms with Gasteiger partial charge in [-0.25, -0.2) is 4.39 Å². The van der Waals surface area contributed by atoms with Gasteiger partial charge < -0.3 is 10.2 Å². The summed E-state index contributed by atoms with van der Waals surface area (Å²) in [5.74, 6) is -0.320. The third-order valence-electron chi connectivity index (χ3n) is 5.10. The largest absolute Gasteiger partial charge is 0.333 e. The SMILES string of the molecule is Cl.O=C(CCn1ncc(=O)c2ccccc21)N1CCNCC1c1cccc(F)c1. The van der Waals surface area contributed by atoms with Crippen LogP contribution in [0.4, 0.5) is 4.39 Å². The van der Waals surface area contributed by atoms with Crippen molar-refractivity contribution in [3.05, 3.63) is 76.3 Å². The van der Waals surface area contributed by atoms with E-state index < -0.39 is 0 Å². The first-order valence-electron chi connectivity index (χ1n) is 9.34. The number of aromatic nitrogens is 2. The van der Waals surface area contributed by atoms with E-state index in [0.29, 0.717) is 37.1 Å². The van der Waals surface area contributed by atoms with Crippen LogP contribution in [0.25, 0.3) is 10.9 Å². The zero-order valence-electron chi connectivity index (χ0n) is 15.8. The average molecular weight is 417 g/mol. The topological polar surface area (TPSA) is 67.2 Å². The zero-order valence-corrected chi connectivity index (χ0v) is 16.6. The molecule has 0 bridgehead atoms. The maximum Gasteiger partial charge on any atom is 0.225 e. The monoisotopic (exact) mass is 416 g/mol. The Morgan fingerprint density at radius 3 is 2.86 bits per heavy atom. The fraction of sp³-hybridized carbons (Fsp3) is 0.286. The second-order valence-electron chi connectivity index (χ2n) is 6.86. The van der Waals surface area contributed by atoms with Crippen LogP contribution in [0.15, 0.2) is 59.5 Å². The van der Waals surface area contributed by atoms with Gasteiger partial charge >= 0.3 is 0 Å². The van der Waals surface area contributed by atoms with Gasteiger partial charge in [-0.3, -0.25) is 14.3 Å². The fourth-order valence-electron chi connectivity index (χ4n) is 3.70. The number of para-hydroxylation sites is 1. The van der Waals surface area contributed by atoms with E-state index in [-0.39, 0.29) is 42.0 Å². The van der Waals surface area contributed by atoms with Crippen LogP contribution in [0.5, 0.6) is 0 Å². The fourth-order valence-corrected chi connectivity index (χ4v) is 3.70. The molecule has 152 valence electrons. The van der Waals surface area contributed by atoms with E-state index in [2.05, 4.69) is 10.4 Å². The lowest BCUT2D eigenvalue weighted by Gasteiger charge is -2.36. The molecule has 1 unspecified atom stereocenters. The molecule has 1 fully saturated rings. The van der Waals surface area contributed by atoms with E-state index in [4.69, 9.17) is 0 Å². The third kappa shape index (κ3) is 4.46. The number of carbonyl (C=O) groups excluding carboxylic acids is 1. The quantitative estimate of drug-likeness (QED) is 0.709. The number of piperazine rings is 1. The summed E-state index contributed by atoms with van der Waals surface area (Å²) in [6.07, 6.45) is 1.54. The predicted octanol–water partition coefficient (Wildman–Crippen LogP) is 2.52. The summed E-state index contributed by atoms with van der Waals surface area (Å²) in [5.41, 5.74) is 1.36. The van der Waals surface area contributed by atoms with Crippen molar-refractivity contribution in [2.45, 2.75) is 19.0 Å². The number of amides is 1. The molecule has 0 spiro atoms. The van der Waals surface area contributed by atoms with Gasteiger partial charge in [0.05, 0.1) is 24.3 Å². The molecule has 1 aliphatic rings. The number of aryl methyl sites for hydroxylation is 1. The van der Waals surface area contributed by atoms with Gasteiger partial charge in [-0.15, -0.1) is 12.4 Å². The van der Waals surface area contributed by atoms with Gasteiger partial charge in [0, 0.05) is 31.4 Å². The number of rotatable bonds is 4. The zero-order chi connectivity index (χ0) is 19.5. The first kappa shape index (κ1) is 21.0.